The molecule has 1 heterocycles. The van der Waals surface area contributed by atoms with Crippen molar-refractivity contribution in [2.75, 3.05) is 6.54 Å². The molecule has 2 rings (SSSR count). The van der Waals surface area contributed by atoms with Gasteiger partial charge in [0.25, 0.3) is 0 Å². The summed E-state index contributed by atoms with van der Waals surface area (Å²) in [6.45, 7) is 7.08. The Labute approximate surface area is 102 Å². The van der Waals surface area contributed by atoms with Crippen LogP contribution >= 0.6 is 0 Å². The van der Waals surface area contributed by atoms with E-state index in [1.165, 1.54) is 5.56 Å². The number of imidazole rings is 1. The average Bonchev–Trinajstić information content (AvgIpc) is 2.75. The van der Waals surface area contributed by atoms with Gasteiger partial charge in [0.05, 0.1) is 11.0 Å². The molecule has 0 atom stereocenters. The maximum Gasteiger partial charge on any atom is 0.114 e. The van der Waals surface area contributed by atoms with Crippen LogP contribution in [0.1, 0.15) is 38.1 Å². The van der Waals surface area contributed by atoms with Crippen molar-refractivity contribution in [1.29, 1.82) is 0 Å². The van der Waals surface area contributed by atoms with Gasteiger partial charge in [0.15, 0.2) is 0 Å². The van der Waals surface area contributed by atoms with Crippen molar-refractivity contribution in [2.24, 2.45) is 5.73 Å². The quantitative estimate of drug-likeness (QED) is 0.850. The Morgan fingerprint density at radius 1 is 1.29 bits per heavy atom. The fourth-order valence-electron chi connectivity index (χ4n) is 2.34. The Morgan fingerprint density at radius 2 is 2.00 bits per heavy atom. The number of nitrogens with zero attached hydrogens (tertiary/aromatic N) is 1. The molecule has 0 unspecified atom stereocenters. The number of aromatic amines is 1. The molecule has 0 amide bonds. The first kappa shape index (κ1) is 12.1. The second-order valence-electron chi connectivity index (χ2n) is 4.80. The molecule has 3 nitrogen and oxygen atoms in total. The van der Waals surface area contributed by atoms with Gasteiger partial charge in [-0.2, -0.15) is 0 Å². The van der Waals surface area contributed by atoms with Gasteiger partial charge < -0.3 is 10.7 Å². The zero-order valence-electron chi connectivity index (χ0n) is 10.9. The van der Waals surface area contributed by atoms with E-state index in [2.05, 4.69) is 44.0 Å². The van der Waals surface area contributed by atoms with Gasteiger partial charge in [-0.1, -0.05) is 19.9 Å². The highest BCUT2D eigenvalue weighted by molar-refractivity contribution is 5.76. The molecular formula is C14H21N3. The minimum Gasteiger partial charge on any atom is -0.341 e. The molecule has 92 valence electrons. The van der Waals surface area contributed by atoms with Crippen LogP contribution in [-0.2, 0) is 5.41 Å². The summed E-state index contributed by atoms with van der Waals surface area (Å²) in [7, 11) is 0. The Hall–Kier alpha value is -1.35. The molecule has 0 radical (unpaired) electrons. The van der Waals surface area contributed by atoms with E-state index >= 15 is 0 Å². The summed E-state index contributed by atoms with van der Waals surface area (Å²) in [5.41, 5.74) is 9.34. The molecule has 0 aliphatic carbocycles. The number of nitrogens with two attached hydrogens (primary N) is 1. The van der Waals surface area contributed by atoms with Crippen molar-refractivity contribution in [1.82, 2.24) is 9.97 Å². The van der Waals surface area contributed by atoms with Crippen molar-refractivity contribution >= 4 is 11.0 Å². The number of aryl methyl sites for hydroxylation is 1. The summed E-state index contributed by atoms with van der Waals surface area (Å²) >= 11 is 0. The highest BCUT2D eigenvalue weighted by Gasteiger charge is 2.30. The zero-order valence-corrected chi connectivity index (χ0v) is 10.9. The third kappa shape index (κ3) is 1.95. The Kier molecular flexibility index (Phi) is 3.20. The van der Waals surface area contributed by atoms with Crippen molar-refractivity contribution in [2.45, 2.75) is 39.0 Å². The lowest BCUT2D eigenvalue weighted by Gasteiger charge is -2.27. The van der Waals surface area contributed by atoms with E-state index in [0.717, 1.165) is 29.7 Å². The fourth-order valence-corrected chi connectivity index (χ4v) is 2.34. The van der Waals surface area contributed by atoms with Crippen LogP contribution in [0.25, 0.3) is 11.0 Å². The van der Waals surface area contributed by atoms with Crippen molar-refractivity contribution in [3.8, 4) is 0 Å². The van der Waals surface area contributed by atoms with Gasteiger partial charge in [-0.15, -0.1) is 0 Å². The van der Waals surface area contributed by atoms with E-state index in [1.54, 1.807) is 0 Å². The lowest BCUT2D eigenvalue weighted by molar-refractivity contribution is 0.387. The van der Waals surface area contributed by atoms with Gasteiger partial charge in [-0.05, 0) is 37.5 Å². The molecule has 3 N–H and O–H groups in total. The molecule has 0 aliphatic heterocycles. The average molecular weight is 231 g/mol. The highest BCUT2D eigenvalue weighted by Crippen LogP contribution is 2.30. The number of rotatable bonds is 4. The van der Waals surface area contributed by atoms with Crippen LogP contribution in [0.4, 0.5) is 0 Å². The number of hydrogen-bond donors (Lipinski definition) is 2. The van der Waals surface area contributed by atoms with Gasteiger partial charge >= 0.3 is 0 Å². The lowest BCUT2D eigenvalue weighted by Crippen LogP contribution is -2.35. The molecule has 1 aromatic heterocycles. The number of hydrogen-bond acceptors (Lipinski definition) is 2. The van der Waals surface area contributed by atoms with E-state index in [0.29, 0.717) is 6.54 Å². The molecule has 0 aliphatic rings. The minimum atomic E-state index is -0.00702. The SMILES string of the molecule is CCC(CC)(CN)c1nc2ccc(C)cc2[nH]1. The molecule has 0 saturated heterocycles. The van der Waals surface area contributed by atoms with E-state index < -0.39 is 0 Å². The van der Waals surface area contributed by atoms with Crippen LogP contribution in [0.5, 0.6) is 0 Å². The first-order valence-corrected chi connectivity index (χ1v) is 6.32. The standard InChI is InChI=1S/C14H21N3/c1-4-14(5-2,9-15)13-16-11-7-6-10(3)8-12(11)17-13/h6-8H,4-5,9,15H2,1-3H3,(H,16,17). The zero-order chi connectivity index (χ0) is 12.5. The second-order valence-corrected chi connectivity index (χ2v) is 4.80. The van der Waals surface area contributed by atoms with Crippen LogP contribution in [0.2, 0.25) is 0 Å². The van der Waals surface area contributed by atoms with Crippen LogP contribution < -0.4 is 5.73 Å². The van der Waals surface area contributed by atoms with Crippen LogP contribution in [0.3, 0.4) is 0 Å². The predicted molar refractivity (Wildman–Crippen MR) is 72.1 cm³/mol. The van der Waals surface area contributed by atoms with Crippen molar-refractivity contribution < 1.29 is 0 Å². The maximum atomic E-state index is 5.95. The Balaban J connectivity index is 2.55. The van der Waals surface area contributed by atoms with E-state index in [1.807, 2.05) is 0 Å². The second kappa shape index (κ2) is 4.49. The number of benzene rings is 1. The maximum absolute atomic E-state index is 5.95. The molecule has 0 bridgehead atoms. The molecule has 1 aromatic carbocycles. The topological polar surface area (TPSA) is 54.7 Å². The Morgan fingerprint density at radius 3 is 2.59 bits per heavy atom. The first-order chi connectivity index (χ1) is 8.15. The normalized spacial score (nSPS) is 12.2. The molecule has 0 saturated carbocycles. The van der Waals surface area contributed by atoms with Crippen LogP contribution in [0, 0.1) is 6.92 Å². The van der Waals surface area contributed by atoms with Crippen LogP contribution in [0.15, 0.2) is 18.2 Å². The van der Waals surface area contributed by atoms with Gasteiger partial charge in [0.2, 0.25) is 0 Å². The molecule has 2 aromatic rings. The van der Waals surface area contributed by atoms with Gasteiger partial charge in [0.1, 0.15) is 5.82 Å². The number of aromatic nitrogens is 2. The van der Waals surface area contributed by atoms with E-state index in [4.69, 9.17) is 10.7 Å². The van der Waals surface area contributed by atoms with Crippen molar-refractivity contribution in [3.05, 3.63) is 29.6 Å². The van der Waals surface area contributed by atoms with Gasteiger partial charge in [-0.25, -0.2) is 4.98 Å². The lowest BCUT2D eigenvalue weighted by atomic mass is 9.82. The molecule has 0 fully saturated rings. The number of H-pyrrole nitrogens is 1. The van der Waals surface area contributed by atoms with Gasteiger partial charge in [-0.3, -0.25) is 0 Å². The van der Waals surface area contributed by atoms with Gasteiger partial charge in [0, 0.05) is 12.0 Å². The van der Waals surface area contributed by atoms with E-state index in [9.17, 15) is 0 Å². The minimum absolute atomic E-state index is 0.00702. The molecule has 17 heavy (non-hydrogen) atoms. The monoisotopic (exact) mass is 231 g/mol. The molecule has 0 spiro atoms. The number of nitrogens with one attached hydrogen (secondary N) is 1. The first-order valence-electron chi connectivity index (χ1n) is 6.32. The van der Waals surface area contributed by atoms with Crippen molar-refractivity contribution in [3.63, 3.8) is 0 Å². The summed E-state index contributed by atoms with van der Waals surface area (Å²) in [6, 6.07) is 6.30. The van der Waals surface area contributed by atoms with Crippen LogP contribution in [-0.4, -0.2) is 16.5 Å². The van der Waals surface area contributed by atoms with E-state index in [-0.39, 0.29) is 5.41 Å². The summed E-state index contributed by atoms with van der Waals surface area (Å²) in [4.78, 5) is 8.14. The molecule has 3 heteroatoms. The third-order valence-corrected chi connectivity index (χ3v) is 3.88. The largest absolute Gasteiger partial charge is 0.341 e. The summed E-state index contributed by atoms with van der Waals surface area (Å²) in [6.07, 6.45) is 2.03. The summed E-state index contributed by atoms with van der Waals surface area (Å²) in [5.74, 6) is 1.03. The number of fused-ring (bicyclic) bond motifs is 1. The summed E-state index contributed by atoms with van der Waals surface area (Å²) in [5, 5.41) is 0. The fraction of sp³-hybridized carbons (Fsp3) is 0.500. The molecular weight excluding hydrogens is 210 g/mol. The highest BCUT2D eigenvalue weighted by atomic mass is 14.9. The third-order valence-electron chi connectivity index (χ3n) is 3.88. The Bertz CT molecular complexity index is 501. The predicted octanol–water partition coefficient (Wildman–Crippen LogP) is 2.89. The smallest absolute Gasteiger partial charge is 0.114 e. The summed E-state index contributed by atoms with van der Waals surface area (Å²) < 4.78 is 0.